The first-order chi connectivity index (χ1) is 6.93. The second-order valence-electron chi connectivity index (χ2n) is 4.00. The molecular weight excluding hydrogens is 231 g/mol. The number of halogens is 2. The summed E-state index contributed by atoms with van der Waals surface area (Å²) in [7, 11) is 0. The Labute approximate surface area is 100 Å². The highest BCUT2D eigenvalue weighted by Gasteiger charge is 2.34. The Kier molecular flexibility index (Phi) is 4.18. The van der Waals surface area contributed by atoms with Gasteiger partial charge in [-0.15, -0.1) is 0 Å². The summed E-state index contributed by atoms with van der Waals surface area (Å²) in [6.07, 6.45) is 0.462. The predicted molar refractivity (Wildman–Crippen MR) is 64.7 cm³/mol. The SMILES string of the molecule is CC(C)CC(Cl)(Cl)C(=O)c1ccccc1. The van der Waals surface area contributed by atoms with Crippen LogP contribution < -0.4 is 0 Å². The number of hydrogen-bond donors (Lipinski definition) is 0. The summed E-state index contributed by atoms with van der Waals surface area (Å²) in [6, 6.07) is 8.90. The van der Waals surface area contributed by atoms with Gasteiger partial charge in [-0.2, -0.15) is 0 Å². The highest BCUT2D eigenvalue weighted by atomic mass is 35.5. The molecule has 0 saturated carbocycles. The van der Waals surface area contributed by atoms with E-state index in [1.54, 1.807) is 24.3 Å². The van der Waals surface area contributed by atoms with Gasteiger partial charge in [0.25, 0.3) is 0 Å². The molecule has 0 spiro atoms. The van der Waals surface area contributed by atoms with E-state index in [0.29, 0.717) is 12.0 Å². The van der Waals surface area contributed by atoms with Crippen LogP contribution in [0.3, 0.4) is 0 Å². The van der Waals surface area contributed by atoms with Crippen LogP contribution in [0.25, 0.3) is 0 Å². The summed E-state index contributed by atoms with van der Waals surface area (Å²) in [4.78, 5) is 11.9. The topological polar surface area (TPSA) is 17.1 Å². The fourth-order valence-electron chi connectivity index (χ4n) is 1.41. The molecule has 0 N–H and O–H groups in total. The normalized spacial score (nSPS) is 11.8. The van der Waals surface area contributed by atoms with E-state index in [4.69, 9.17) is 23.2 Å². The monoisotopic (exact) mass is 244 g/mol. The second-order valence-corrected chi connectivity index (χ2v) is 5.48. The molecule has 0 aliphatic heterocycles. The Balaban J connectivity index is 2.85. The molecule has 0 unspecified atom stereocenters. The maximum Gasteiger partial charge on any atom is 0.198 e. The van der Waals surface area contributed by atoms with Crippen LogP contribution in [0, 0.1) is 5.92 Å². The molecular formula is C12H14Cl2O. The number of carbonyl (C=O) groups excluding carboxylic acids is 1. The number of Topliss-reactive ketones (excluding diaryl/α,β-unsaturated/α-hetero) is 1. The van der Waals surface area contributed by atoms with Gasteiger partial charge in [-0.05, 0) is 12.3 Å². The third-order valence-corrected chi connectivity index (χ3v) is 2.68. The van der Waals surface area contributed by atoms with E-state index in [1.165, 1.54) is 0 Å². The van der Waals surface area contributed by atoms with Crippen molar-refractivity contribution in [2.45, 2.75) is 24.6 Å². The smallest absolute Gasteiger partial charge is 0.198 e. The molecule has 0 atom stereocenters. The molecule has 0 heterocycles. The van der Waals surface area contributed by atoms with Crippen molar-refractivity contribution in [2.75, 3.05) is 0 Å². The van der Waals surface area contributed by atoms with E-state index < -0.39 is 4.33 Å². The first kappa shape index (κ1) is 12.5. The van der Waals surface area contributed by atoms with Crippen molar-refractivity contribution >= 4 is 29.0 Å². The van der Waals surface area contributed by atoms with E-state index in [9.17, 15) is 4.79 Å². The van der Waals surface area contributed by atoms with Gasteiger partial charge in [0, 0.05) is 5.56 Å². The van der Waals surface area contributed by atoms with Gasteiger partial charge >= 0.3 is 0 Å². The van der Waals surface area contributed by atoms with Crippen molar-refractivity contribution in [2.24, 2.45) is 5.92 Å². The summed E-state index contributed by atoms with van der Waals surface area (Å²) in [5.74, 6) is 0.0628. The summed E-state index contributed by atoms with van der Waals surface area (Å²) in [5, 5.41) is 0. The first-order valence-corrected chi connectivity index (χ1v) is 5.67. The molecule has 0 radical (unpaired) electrons. The minimum absolute atomic E-state index is 0.222. The molecule has 1 aromatic rings. The lowest BCUT2D eigenvalue weighted by atomic mass is 10.0. The summed E-state index contributed by atoms with van der Waals surface area (Å²) in [5.41, 5.74) is 0.558. The first-order valence-electron chi connectivity index (χ1n) is 4.91. The maximum atomic E-state index is 11.9. The second kappa shape index (κ2) is 5.00. The van der Waals surface area contributed by atoms with Gasteiger partial charge in [0.05, 0.1) is 0 Å². The molecule has 0 aliphatic rings. The van der Waals surface area contributed by atoms with Crippen LogP contribution in [-0.2, 0) is 0 Å². The Morgan fingerprint density at radius 3 is 2.27 bits per heavy atom. The maximum absolute atomic E-state index is 11.9. The molecule has 0 aromatic heterocycles. The zero-order chi connectivity index (χ0) is 11.5. The van der Waals surface area contributed by atoms with Gasteiger partial charge in [-0.3, -0.25) is 4.79 Å². The van der Waals surface area contributed by atoms with E-state index >= 15 is 0 Å². The zero-order valence-corrected chi connectivity index (χ0v) is 10.3. The molecule has 0 amide bonds. The van der Waals surface area contributed by atoms with E-state index in [2.05, 4.69) is 0 Å². The average Bonchev–Trinajstić information content (AvgIpc) is 2.16. The lowest BCUT2D eigenvalue weighted by Gasteiger charge is -2.20. The number of benzene rings is 1. The Hall–Kier alpha value is -0.530. The fraction of sp³-hybridized carbons (Fsp3) is 0.417. The van der Waals surface area contributed by atoms with Gasteiger partial charge in [0.1, 0.15) is 0 Å². The molecule has 1 aromatic carbocycles. The quantitative estimate of drug-likeness (QED) is 0.576. The molecule has 82 valence electrons. The number of alkyl halides is 2. The van der Waals surface area contributed by atoms with Crippen molar-refractivity contribution in [3.63, 3.8) is 0 Å². The van der Waals surface area contributed by atoms with Gasteiger partial charge in [0.2, 0.25) is 0 Å². The number of hydrogen-bond acceptors (Lipinski definition) is 1. The van der Waals surface area contributed by atoms with Crippen LogP contribution >= 0.6 is 23.2 Å². The van der Waals surface area contributed by atoms with Crippen LogP contribution in [0.5, 0.6) is 0 Å². The number of ketones is 1. The Morgan fingerprint density at radius 1 is 1.27 bits per heavy atom. The highest BCUT2D eigenvalue weighted by molar-refractivity contribution is 6.59. The van der Waals surface area contributed by atoms with Crippen molar-refractivity contribution in [3.05, 3.63) is 35.9 Å². The molecule has 0 saturated heterocycles. The lowest BCUT2D eigenvalue weighted by molar-refractivity contribution is 0.0963. The minimum atomic E-state index is -1.31. The minimum Gasteiger partial charge on any atom is -0.291 e. The van der Waals surface area contributed by atoms with Gasteiger partial charge < -0.3 is 0 Å². The van der Waals surface area contributed by atoms with Crippen molar-refractivity contribution in [1.82, 2.24) is 0 Å². The van der Waals surface area contributed by atoms with Gasteiger partial charge in [-0.25, -0.2) is 0 Å². The van der Waals surface area contributed by atoms with E-state index in [-0.39, 0.29) is 11.7 Å². The van der Waals surface area contributed by atoms with Gasteiger partial charge in [-0.1, -0.05) is 67.4 Å². The molecule has 0 fully saturated rings. The standard InChI is InChI=1S/C12H14Cl2O/c1-9(2)8-12(13,14)11(15)10-6-4-3-5-7-10/h3-7,9H,8H2,1-2H3. The van der Waals surface area contributed by atoms with Gasteiger partial charge in [0.15, 0.2) is 10.1 Å². The fourth-order valence-corrected chi connectivity index (χ4v) is 2.24. The molecule has 15 heavy (non-hydrogen) atoms. The Morgan fingerprint density at radius 2 is 1.80 bits per heavy atom. The largest absolute Gasteiger partial charge is 0.291 e. The van der Waals surface area contributed by atoms with E-state index in [0.717, 1.165) is 0 Å². The summed E-state index contributed by atoms with van der Waals surface area (Å²) < 4.78 is -1.31. The van der Waals surface area contributed by atoms with Crippen LogP contribution in [-0.4, -0.2) is 10.1 Å². The third-order valence-electron chi connectivity index (χ3n) is 2.03. The average molecular weight is 245 g/mol. The summed E-state index contributed by atoms with van der Waals surface area (Å²) in [6.45, 7) is 3.97. The number of carbonyl (C=O) groups is 1. The predicted octanol–water partition coefficient (Wildman–Crippen LogP) is 4.09. The van der Waals surface area contributed by atoms with Crippen LogP contribution in [0.4, 0.5) is 0 Å². The molecule has 1 rings (SSSR count). The van der Waals surface area contributed by atoms with E-state index in [1.807, 2.05) is 19.9 Å². The molecule has 1 nitrogen and oxygen atoms in total. The van der Waals surface area contributed by atoms with Crippen LogP contribution in [0.15, 0.2) is 30.3 Å². The van der Waals surface area contributed by atoms with Crippen molar-refractivity contribution in [1.29, 1.82) is 0 Å². The molecule has 0 bridgehead atoms. The van der Waals surface area contributed by atoms with Crippen molar-refractivity contribution < 1.29 is 4.79 Å². The molecule has 3 heteroatoms. The van der Waals surface area contributed by atoms with Crippen LogP contribution in [0.1, 0.15) is 30.6 Å². The van der Waals surface area contributed by atoms with Crippen molar-refractivity contribution in [3.8, 4) is 0 Å². The molecule has 0 aliphatic carbocycles. The van der Waals surface area contributed by atoms with Crippen LogP contribution in [0.2, 0.25) is 0 Å². The Bertz CT molecular complexity index is 331. The summed E-state index contributed by atoms with van der Waals surface area (Å²) >= 11 is 12.1. The zero-order valence-electron chi connectivity index (χ0n) is 8.84. The third kappa shape index (κ3) is 3.51. The highest BCUT2D eigenvalue weighted by Crippen LogP contribution is 2.32. The lowest BCUT2D eigenvalue weighted by Crippen LogP contribution is -2.27. The number of rotatable bonds is 4.